The molecule has 0 fully saturated rings. The minimum absolute atomic E-state index is 0.421. The summed E-state index contributed by atoms with van der Waals surface area (Å²) < 4.78 is 10.4. The molecular formula is C11H20N4O2. The van der Waals surface area contributed by atoms with Crippen molar-refractivity contribution in [2.24, 2.45) is 0 Å². The van der Waals surface area contributed by atoms with Crippen LogP contribution in [-0.2, 0) is 11.2 Å². The highest BCUT2D eigenvalue weighted by molar-refractivity contribution is 5.66. The zero-order valence-electron chi connectivity index (χ0n) is 10.6. The van der Waals surface area contributed by atoms with Crippen LogP contribution in [0, 0.1) is 0 Å². The van der Waals surface area contributed by atoms with Gasteiger partial charge in [0.1, 0.15) is 18.1 Å². The fourth-order valence-electron chi connectivity index (χ4n) is 1.29. The average Bonchev–Trinajstić information content (AvgIpc) is 2.34. The monoisotopic (exact) mass is 240 g/mol. The molecule has 0 aromatic carbocycles. The molecule has 96 valence electrons. The molecule has 6 nitrogen and oxygen atoms in total. The van der Waals surface area contributed by atoms with E-state index in [0.717, 1.165) is 13.0 Å². The number of aromatic nitrogens is 2. The summed E-state index contributed by atoms with van der Waals surface area (Å²) in [6, 6.07) is 0. The summed E-state index contributed by atoms with van der Waals surface area (Å²) in [7, 11) is 1.62. The number of hydrogen-bond donors (Lipinski definition) is 2. The lowest BCUT2D eigenvalue weighted by Crippen LogP contribution is -2.12. The molecule has 0 radical (unpaired) electrons. The third kappa shape index (κ3) is 3.74. The summed E-state index contributed by atoms with van der Waals surface area (Å²) in [5, 5.41) is 3.09. The highest BCUT2D eigenvalue weighted by atomic mass is 16.5. The maximum Gasteiger partial charge on any atom is 0.242 e. The number of rotatable bonds is 7. The molecule has 1 aromatic rings. The Morgan fingerprint density at radius 2 is 2.00 bits per heavy atom. The molecule has 6 heteroatoms. The smallest absolute Gasteiger partial charge is 0.242 e. The fourth-order valence-corrected chi connectivity index (χ4v) is 1.29. The van der Waals surface area contributed by atoms with E-state index < -0.39 is 0 Å². The Morgan fingerprint density at radius 1 is 1.24 bits per heavy atom. The molecule has 1 aromatic heterocycles. The Balaban J connectivity index is 2.89. The number of methoxy groups -OCH3 is 1. The molecule has 0 spiro atoms. The van der Waals surface area contributed by atoms with Crippen molar-refractivity contribution in [2.75, 3.05) is 37.9 Å². The molecule has 3 N–H and O–H groups in total. The van der Waals surface area contributed by atoms with Gasteiger partial charge in [0.25, 0.3) is 0 Å². The van der Waals surface area contributed by atoms with Crippen LogP contribution in [0.3, 0.4) is 0 Å². The van der Waals surface area contributed by atoms with Gasteiger partial charge in [-0.2, -0.15) is 4.98 Å². The van der Waals surface area contributed by atoms with E-state index in [-0.39, 0.29) is 0 Å². The summed E-state index contributed by atoms with van der Waals surface area (Å²) in [6.45, 7) is 5.65. The molecule has 0 amide bonds. The third-order valence-electron chi connectivity index (χ3n) is 2.14. The van der Waals surface area contributed by atoms with Gasteiger partial charge >= 0.3 is 0 Å². The van der Waals surface area contributed by atoms with Gasteiger partial charge in [0.05, 0.1) is 6.61 Å². The van der Waals surface area contributed by atoms with Crippen LogP contribution < -0.4 is 15.8 Å². The molecule has 1 heterocycles. The Kier molecular flexibility index (Phi) is 5.48. The van der Waals surface area contributed by atoms with E-state index in [4.69, 9.17) is 15.2 Å². The van der Waals surface area contributed by atoms with E-state index in [1.165, 1.54) is 0 Å². The van der Waals surface area contributed by atoms with Gasteiger partial charge in [0.15, 0.2) is 5.82 Å². The van der Waals surface area contributed by atoms with Crippen LogP contribution >= 0.6 is 0 Å². The van der Waals surface area contributed by atoms with Gasteiger partial charge in [-0.3, -0.25) is 0 Å². The molecule has 0 aliphatic heterocycles. The van der Waals surface area contributed by atoms with Gasteiger partial charge in [-0.15, -0.1) is 0 Å². The van der Waals surface area contributed by atoms with E-state index >= 15 is 0 Å². The highest BCUT2D eigenvalue weighted by Gasteiger charge is 2.11. The van der Waals surface area contributed by atoms with E-state index in [2.05, 4.69) is 15.3 Å². The number of hydrogen-bond acceptors (Lipinski definition) is 6. The highest BCUT2D eigenvalue weighted by Crippen LogP contribution is 2.25. The van der Waals surface area contributed by atoms with Crippen LogP contribution in [0.25, 0.3) is 0 Å². The van der Waals surface area contributed by atoms with Gasteiger partial charge < -0.3 is 20.5 Å². The van der Waals surface area contributed by atoms with Crippen molar-refractivity contribution in [3.63, 3.8) is 0 Å². The lowest BCUT2D eigenvalue weighted by Gasteiger charge is -2.12. The molecule has 0 aliphatic carbocycles. The van der Waals surface area contributed by atoms with Gasteiger partial charge in [0, 0.05) is 20.1 Å². The van der Waals surface area contributed by atoms with Crippen LogP contribution in [0.2, 0.25) is 0 Å². The molecule has 1 rings (SSSR count). The Hall–Kier alpha value is -1.56. The molecule has 0 bridgehead atoms. The molecule has 0 saturated carbocycles. The van der Waals surface area contributed by atoms with Gasteiger partial charge in [-0.05, 0) is 6.92 Å². The third-order valence-corrected chi connectivity index (χ3v) is 2.14. The van der Waals surface area contributed by atoms with Gasteiger partial charge in [-0.1, -0.05) is 6.92 Å². The molecular weight excluding hydrogens is 220 g/mol. The quantitative estimate of drug-likeness (QED) is 0.694. The van der Waals surface area contributed by atoms with E-state index in [1.54, 1.807) is 7.11 Å². The van der Waals surface area contributed by atoms with Crippen LogP contribution in [0.5, 0.6) is 5.88 Å². The molecule has 0 saturated heterocycles. The zero-order chi connectivity index (χ0) is 12.7. The summed E-state index contributed by atoms with van der Waals surface area (Å²) >= 11 is 0. The first-order valence-corrected chi connectivity index (χ1v) is 5.74. The van der Waals surface area contributed by atoms with Crippen molar-refractivity contribution in [3.8, 4) is 5.88 Å². The van der Waals surface area contributed by atoms with Crippen molar-refractivity contribution in [3.05, 3.63) is 5.82 Å². The maximum atomic E-state index is 5.92. The van der Waals surface area contributed by atoms with Crippen molar-refractivity contribution in [1.82, 2.24) is 9.97 Å². The van der Waals surface area contributed by atoms with Crippen molar-refractivity contribution in [1.29, 1.82) is 0 Å². The van der Waals surface area contributed by atoms with Crippen LogP contribution in [0.15, 0.2) is 0 Å². The minimum atomic E-state index is 0.421. The zero-order valence-corrected chi connectivity index (χ0v) is 10.6. The number of anilines is 2. The first-order chi connectivity index (χ1) is 8.22. The number of nitrogen functional groups attached to an aromatic ring is 1. The maximum absolute atomic E-state index is 5.92. The summed E-state index contributed by atoms with van der Waals surface area (Å²) in [6.07, 6.45) is 0.735. The standard InChI is InChI=1S/C11H20N4O2/c1-4-8-14-10(13-5-2)9(12)11(15-8)17-7-6-16-3/h4-7,12H2,1-3H3,(H,13,14,15). The largest absolute Gasteiger partial charge is 0.474 e. The summed E-state index contributed by atoms with van der Waals surface area (Å²) in [5.74, 6) is 1.76. The van der Waals surface area contributed by atoms with Gasteiger partial charge in [0.2, 0.25) is 5.88 Å². The van der Waals surface area contributed by atoms with Crippen molar-refractivity contribution >= 4 is 11.5 Å². The first kappa shape index (κ1) is 13.5. The lowest BCUT2D eigenvalue weighted by molar-refractivity contribution is 0.144. The average molecular weight is 240 g/mol. The Morgan fingerprint density at radius 3 is 2.59 bits per heavy atom. The topological polar surface area (TPSA) is 82.3 Å². The predicted molar refractivity (Wildman–Crippen MR) is 67.4 cm³/mol. The van der Waals surface area contributed by atoms with Crippen LogP contribution in [-0.4, -0.2) is 36.8 Å². The number of aryl methyl sites for hydroxylation is 1. The second kappa shape index (κ2) is 6.90. The number of nitrogens with one attached hydrogen (secondary N) is 1. The van der Waals surface area contributed by atoms with E-state index in [9.17, 15) is 0 Å². The van der Waals surface area contributed by atoms with Crippen molar-refractivity contribution < 1.29 is 9.47 Å². The second-order valence-electron chi connectivity index (χ2n) is 3.43. The molecule has 0 atom stereocenters. The van der Waals surface area contributed by atoms with E-state index in [1.807, 2.05) is 13.8 Å². The van der Waals surface area contributed by atoms with Crippen molar-refractivity contribution in [2.45, 2.75) is 20.3 Å². The fraction of sp³-hybridized carbons (Fsp3) is 0.636. The number of ether oxygens (including phenoxy) is 2. The first-order valence-electron chi connectivity index (χ1n) is 5.74. The van der Waals surface area contributed by atoms with Crippen LogP contribution in [0.4, 0.5) is 11.5 Å². The molecule has 0 aliphatic rings. The Labute approximate surface area is 102 Å². The minimum Gasteiger partial charge on any atom is -0.474 e. The summed E-state index contributed by atoms with van der Waals surface area (Å²) in [5.41, 5.74) is 6.37. The normalized spacial score (nSPS) is 10.3. The Bertz CT molecular complexity index is 358. The number of nitrogens with zero attached hydrogens (tertiary/aromatic N) is 2. The van der Waals surface area contributed by atoms with E-state index in [0.29, 0.717) is 36.4 Å². The second-order valence-corrected chi connectivity index (χ2v) is 3.43. The number of nitrogens with two attached hydrogens (primary N) is 1. The SMILES string of the molecule is CCNc1nc(CC)nc(OCCOC)c1N. The molecule has 0 unspecified atom stereocenters. The summed E-state index contributed by atoms with van der Waals surface area (Å²) in [4.78, 5) is 8.56. The lowest BCUT2D eigenvalue weighted by atomic mass is 10.4. The molecule has 17 heavy (non-hydrogen) atoms. The predicted octanol–water partition coefficient (Wildman–Crippen LogP) is 1.08. The van der Waals surface area contributed by atoms with Gasteiger partial charge in [-0.25, -0.2) is 4.98 Å². The van der Waals surface area contributed by atoms with Crippen LogP contribution in [0.1, 0.15) is 19.7 Å².